The zero-order valence-corrected chi connectivity index (χ0v) is 9.27. The summed E-state index contributed by atoms with van der Waals surface area (Å²) >= 11 is 0. The second-order valence-electron chi connectivity index (χ2n) is 3.18. The lowest BCUT2D eigenvalue weighted by Gasteiger charge is -2.19. The number of terminal acetylenes is 1. The molecule has 0 atom stereocenters. The van der Waals surface area contributed by atoms with Crippen LogP contribution in [0, 0.1) is 19.3 Å². The lowest BCUT2D eigenvalue weighted by atomic mass is 10.3. The average Bonchev–Trinajstić information content (AvgIpc) is 2.24. The van der Waals surface area contributed by atoms with E-state index in [1.54, 1.807) is 11.8 Å². The van der Waals surface area contributed by atoms with E-state index >= 15 is 0 Å². The zero-order valence-electron chi connectivity index (χ0n) is 9.27. The maximum absolute atomic E-state index is 10.8. The number of aromatic nitrogens is 2. The van der Waals surface area contributed by atoms with E-state index in [0.29, 0.717) is 24.7 Å². The highest BCUT2D eigenvalue weighted by atomic mass is 16.4. The number of aryl methyl sites for hydroxylation is 1. The van der Waals surface area contributed by atoms with Gasteiger partial charge >= 0.3 is 5.97 Å². The van der Waals surface area contributed by atoms with Gasteiger partial charge < -0.3 is 10.0 Å². The van der Waals surface area contributed by atoms with Crippen molar-refractivity contribution in [2.24, 2.45) is 0 Å². The van der Waals surface area contributed by atoms with E-state index in [1.807, 2.05) is 6.92 Å². The lowest BCUT2D eigenvalue weighted by Crippen LogP contribution is -2.25. The molecule has 1 rings (SSSR count). The fourth-order valence-electron chi connectivity index (χ4n) is 1.29. The van der Waals surface area contributed by atoms with Crippen molar-refractivity contribution in [1.29, 1.82) is 0 Å². The van der Waals surface area contributed by atoms with Crippen LogP contribution in [-0.4, -0.2) is 34.1 Å². The third-order valence-electron chi connectivity index (χ3n) is 2.03. The normalized spacial score (nSPS) is 9.56. The monoisotopic (exact) mass is 219 g/mol. The number of nitrogens with zero attached hydrogens (tertiary/aromatic N) is 3. The van der Waals surface area contributed by atoms with Crippen molar-refractivity contribution in [2.75, 3.05) is 18.0 Å². The molecule has 1 aromatic rings. The standard InChI is InChI=1S/C11H13N3O2/c1-4-6-14(5-2)10-7-9(11(15)16)12-8(3)13-10/h1,7H,5-6H2,2-3H3,(H,15,16). The quantitative estimate of drug-likeness (QED) is 0.763. The van der Waals surface area contributed by atoms with Crippen LogP contribution in [0.15, 0.2) is 6.07 Å². The molecule has 0 bridgehead atoms. The topological polar surface area (TPSA) is 66.3 Å². The van der Waals surface area contributed by atoms with Crippen LogP contribution in [-0.2, 0) is 0 Å². The molecule has 0 aromatic carbocycles. The molecule has 0 radical (unpaired) electrons. The minimum absolute atomic E-state index is 0.0158. The SMILES string of the molecule is C#CCN(CC)c1cc(C(=O)O)nc(C)n1. The van der Waals surface area contributed by atoms with Gasteiger partial charge in [0.15, 0.2) is 5.69 Å². The van der Waals surface area contributed by atoms with Crippen molar-refractivity contribution in [2.45, 2.75) is 13.8 Å². The lowest BCUT2D eigenvalue weighted by molar-refractivity contribution is 0.0690. The summed E-state index contributed by atoms with van der Waals surface area (Å²) < 4.78 is 0. The van der Waals surface area contributed by atoms with Crippen LogP contribution in [0.1, 0.15) is 23.2 Å². The van der Waals surface area contributed by atoms with Gasteiger partial charge in [-0.2, -0.15) is 0 Å². The zero-order chi connectivity index (χ0) is 12.1. The highest BCUT2D eigenvalue weighted by Crippen LogP contribution is 2.12. The number of carboxylic acids is 1. The number of rotatable bonds is 4. The number of hydrogen-bond acceptors (Lipinski definition) is 4. The Kier molecular flexibility index (Phi) is 3.84. The first-order valence-corrected chi connectivity index (χ1v) is 4.85. The molecule has 1 heterocycles. The number of carbonyl (C=O) groups is 1. The molecule has 0 spiro atoms. The van der Waals surface area contributed by atoms with Gasteiger partial charge in [-0.05, 0) is 13.8 Å². The third kappa shape index (κ3) is 2.70. The summed E-state index contributed by atoms with van der Waals surface area (Å²) in [6.45, 7) is 4.64. The Labute approximate surface area is 94.1 Å². The number of hydrogen-bond donors (Lipinski definition) is 1. The Morgan fingerprint density at radius 3 is 2.81 bits per heavy atom. The van der Waals surface area contributed by atoms with Gasteiger partial charge in [-0.15, -0.1) is 6.42 Å². The van der Waals surface area contributed by atoms with Gasteiger partial charge in [0.25, 0.3) is 0 Å². The first-order valence-electron chi connectivity index (χ1n) is 4.85. The van der Waals surface area contributed by atoms with Crippen LogP contribution in [0.25, 0.3) is 0 Å². The van der Waals surface area contributed by atoms with Gasteiger partial charge in [-0.1, -0.05) is 5.92 Å². The second-order valence-corrected chi connectivity index (χ2v) is 3.18. The van der Waals surface area contributed by atoms with Gasteiger partial charge in [0.05, 0.1) is 6.54 Å². The molecule has 0 unspecified atom stereocenters. The number of anilines is 1. The maximum Gasteiger partial charge on any atom is 0.354 e. The molecular formula is C11H13N3O2. The van der Waals surface area contributed by atoms with Gasteiger partial charge in [0.2, 0.25) is 0 Å². The first kappa shape index (κ1) is 12.0. The maximum atomic E-state index is 10.8. The van der Waals surface area contributed by atoms with Crippen LogP contribution in [0.2, 0.25) is 0 Å². The van der Waals surface area contributed by atoms with Crippen LogP contribution in [0.5, 0.6) is 0 Å². The summed E-state index contributed by atoms with van der Waals surface area (Å²) in [4.78, 5) is 20.6. The molecule has 0 aliphatic heterocycles. The molecule has 0 fully saturated rings. The molecule has 0 aliphatic carbocycles. The Bertz CT molecular complexity index is 437. The van der Waals surface area contributed by atoms with Crippen LogP contribution < -0.4 is 4.90 Å². The molecule has 0 saturated carbocycles. The smallest absolute Gasteiger partial charge is 0.354 e. The van der Waals surface area contributed by atoms with Crippen molar-refractivity contribution >= 4 is 11.8 Å². The summed E-state index contributed by atoms with van der Waals surface area (Å²) in [5, 5.41) is 8.87. The highest BCUT2D eigenvalue weighted by molar-refractivity contribution is 5.86. The van der Waals surface area contributed by atoms with E-state index < -0.39 is 5.97 Å². The van der Waals surface area contributed by atoms with Crippen molar-refractivity contribution in [1.82, 2.24) is 9.97 Å². The Hall–Kier alpha value is -2.09. The number of carboxylic acid groups (broad SMARTS) is 1. The predicted octanol–water partition coefficient (Wildman–Crippen LogP) is 0.943. The van der Waals surface area contributed by atoms with Crippen molar-refractivity contribution in [3.63, 3.8) is 0 Å². The van der Waals surface area contributed by atoms with E-state index in [1.165, 1.54) is 6.07 Å². The minimum Gasteiger partial charge on any atom is -0.477 e. The molecular weight excluding hydrogens is 206 g/mol. The van der Waals surface area contributed by atoms with Crippen LogP contribution in [0.4, 0.5) is 5.82 Å². The molecule has 0 aliphatic rings. The Morgan fingerprint density at radius 2 is 2.31 bits per heavy atom. The van der Waals surface area contributed by atoms with E-state index in [9.17, 15) is 4.79 Å². The minimum atomic E-state index is -1.07. The van der Waals surface area contributed by atoms with Crippen molar-refractivity contribution in [3.8, 4) is 12.3 Å². The Balaban J connectivity index is 3.13. The molecule has 0 amide bonds. The highest BCUT2D eigenvalue weighted by Gasteiger charge is 2.11. The fourth-order valence-corrected chi connectivity index (χ4v) is 1.29. The molecule has 16 heavy (non-hydrogen) atoms. The van der Waals surface area contributed by atoms with Crippen LogP contribution >= 0.6 is 0 Å². The summed E-state index contributed by atoms with van der Waals surface area (Å²) in [5.74, 6) is 2.41. The third-order valence-corrected chi connectivity index (χ3v) is 2.03. The van der Waals surface area contributed by atoms with Gasteiger partial charge in [0, 0.05) is 12.6 Å². The average molecular weight is 219 g/mol. The molecule has 5 heteroatoms. The number of aromatic carboxylic acids is 1. The summed E-state index contributed by atoms with van der Waals surface area (Å²) in [6, 6.07) is 1.43. The van der Waals surface area contributed by atoms with E-state index in [0.717, 1.165) is 0 Å². The van der Waals surface area contributed by atoms with E-state index in [-0.39, 0.29) is 5.69 Å². The van der Waals surface area contributed by atoms with E-state index in [2.05, 4.69) is 15.9 Å². The first-order chi connectivity index (χ1) is 7.58. The van der Waals surface area contributed by atoms with Crippen molar-refractivity contribution in [3.05, 3.63) is 17.6 Å². The van der Waals surface area contributed by atoms with Gasteiger partial charge in [0.1, 0.15) is 11.6 Å². The van der Waals surface area contributed by atoms with Crippen molar-refractivity contribution < 1.29 is 9.90 Å². The molecule has 1 N–H and O–H groups in total. The van der Waals surface area contributed by atoms with Crippen LogP contribution in [0.3, 0.4) is 0 Å². The Morgan fingerprint density at radius 1 is 1.62 bits per heavy atom. The van der Waals surface area contributed by atoms with E-state index in [4.69, 9.17) is 11.5 Å². The molecule has 84 valence electrons. The fraction of sp³-hybridized carbons (Fsp3) is 0.364. The largest absolute Gasteiger partial charge is 0.477 e. The molecule has 0 saturated heterocycles. The summed E-state index contributed by atoms with van der Waals surface area (Å²) in [6.07, 6.45) is 5.23. The van der Waals surface area contributed by atoms with Gasteiger partial charge in [-0.25, -0.2) is 14.8 Å². The molecule has 5 nitrogen and oxygen atoms in total. The predicted molar refractivity (Wildman–Crippen MR) is 60.4 cm³/mol. The van der Waals surface area contributed by atoms with Gasteiger partial charge in [-0.3, -0.25) is 0 Å². The summed E-state index contributed by atoms with van der Waals surface area (Å²) in [5.41, 5.74) is -0.0158. The molecule has 1 aromatic heterocycles. The second kappa shape index (κ2) is 5.12. The summed E-state index contributed by atoms with van der Waals surface area (Å²) in [7, 11) is 0.